The van der Waals surface area contributed by atoms with E-state index in [1.54, 1.807) is 0 Å². The van der Waals surface area contributed by atoms with Crippen LogP contribution in [0.2, 0.25) is 0 Å². The van der Waals surface area contributed by atoms with Gasteiger partial charge in [0, 0.05) is 18.4 Å². The van der Waals surface area contributed by atoms with Crippen LogP contribution in [0.4, 0.5) is 17.5 Å². The average Bonchev–Trinajstić information content (AvgIpc) is 2.89. The number of benzene rings is 2. The molecule has 4 rings (SSSR count). The van der Waals surface area contributed by atoms with Crippen molar-refractivity contribution in [1.82, 2.24) is 9.97 Å². The van der Waals surface area contributed by atoms with Crippen LogP contribution in [0.5, 0.6) is 0 Å². The Labute approximate surface area is 205 Å². The number of carboxylic acid groups (broad SMARTS) is 1. The summed E-state index contributed by atoms with van der Waals surface area (Å²) >= 11 is 0. The second kappa shape index (κ2) is 11.6. The summed E-state index contributed by atoms with van der Waals surface area (Å²) in [7, 11) is 0. The summed E-state index contributed by atoms with van der Waals surface area (Å²) in [6.45, 7) is 0.756. The molecular weight excluding hydrogens is 442 g/mol. The molecule has 8 heteroatoms. The lowest BCUT2D eigenvalue weighted by Gasteiger charge is -2.22. The maximum atomic E-state index is 12.8. The molecule has 0 aliphatic heterocycles. The fourth-order valence-electron chi connectivity index (χ4n) is 4.39. The number of Topliss-reactive ketones (excluding diaryl/α,β-unsaturated/α-hetero) is 1. The third-order valence-electron chi connectivity index (χ3n) is 6.38. The van der Waals surface area contributed by atoms with E-state index < -0.39 is 17.8 Å². The Balaban J connectivity index is 1.62. The van der Waals surface area contributed by atoms with E-state index >= 15 is 0 Å². The summed E-state index contributed by atoms with van der Waals surface area (Å²) in [5.41, 5.74) is 8.59. The minimum Gasteiger partial charge on any atom is -0.480 e. The van der Waals surface area contributed by atoms with E-state index in [1.807, 2.05) is 42.5 Å². The van der Waals surface area contributed by atoms with E-state index in [4.69, 9.17) is 5.73 Å². The molecule has 0 amide bonds. The number of carboxylic acids is 1. The molecule has 0 spiro atoms. The van der Waals surface area contributed by atoms with Gasteiger partial charge in [-0.25, -0.2) is 4.98 Å². The predicted molar refractivity (Wildman–Crippen MR) is 136 cm³/mol. The zero-order valence-electron chi connectivity index (χ0n) is 19.6. The molecule has 0 radical (unpaired) electrons. The van der Waals surface area contributed by atoms with Gasteiger partial charge in [-0.15, -0.1) is 0 Å². The van der Waals surface area contributed by atoms with Gasteiger partial charge in [-0.05, 0) is 42.4 Å². The summed E-state index contributed by atoms with van der Waals surface area (Å²) in [5.74, 6) is -0.964. The molecule has 182 valence electrons. The number of para-hydroxylation sites is 1. The Hall–Kier alpha value is -3.78. The Morgan fingerprint density at radius 3 is 2.49 bits per heavy atom. The molecule has 2 aromatic carbocycles. The normalized spacial score (nSPS) is 14.8. The van der Waals surface area contributed by atoms with Gasteiger partial charge in [0.25, 0.3) is 0 Å². The lowest BCUT2D eigenvalue weighted by atomic mass is 9.89. The van der Waals surface area contributed by atoms with E-state index in [9.17, 15) is 14.7 Å². The number of aliphatic carboxylic acids is 1. The first-order valence-electron chi connectivity index (χ1n) is 12.0. The van der Waals surface area contributed by atoms with Crippen molar-refractivity contribution >= 4 is 29.2 Å². The fraction of sp³-hybridized carbons (Fsp3) is 0.333. The van der Waals surface area contributed by atoms with Crippen molar-refractivity contribution in [3.8, 4) is 0 Å². The van der Waals surface area contributed by atoms with Crippen molar-refractivity contribution in [2.75, 3.05) is 17.2 Å². The fourth-order valence-corrected chi connectivity index (χ4v) is 4.39. The van der Waals surface area contributed by atoms with Crippen molar-refractivity contribution in [2.24, 2.45) is 11.7 Å². The minimum absolute atomic E-state index is 0.0395. The van der Waals surface area contributed by atoms with Crippen LogP contribution in [0.15, 0.2) is 60.8 Å². The quantitative estimate of drug-likeness (QED) is 0.252. The van der Waals surface area contributed by atoms with E-state index in [-0.39, 0.29) is 11.4 Å². The molecule has 1 aliphatic carbocycles. The molecule has 1 aliphatic rings. The molecule has 1 aromatic heterocycles. The number of nitrogens with two attached hydrogens (primary N) is 1. The van der Waals surface area contributed by atoms with Gasteiger partial charge in [-0.2, -0.15) is 4.98 Å². The SMILES string of the molecule is NC(C(=O)O)C(=O)c1cnc(NCC2CCCCC2)nc1Nc1ccccc1Cc1ccccc1. The second-order valence-electron chi connectivity index (χ2n) is 8.97. The van der Waals surface area contributed by atoms with Crippen LogP contribution in [-0.4, -0.2) is 39.4 Å². The summed E-state index contributed by atoms with van der Waals surface area (Å²) in [6.07, 6.45) is 8.13. The van der Waals surface area contributed by atoms with Crippen LogP contribution in [0.1, 0.15) is 53.6 Å². The predicted octanol–water partition coefficient (Wildman–Crippen LogP) is 4.40. The molecule has 0 saturated heterocycles. The number of hydrogen-bond donors (Lipinski definition) is 4. The number of carbonyl (C=O) groups is 2. The number of carbonyl (C=O) groups excluding carboxylic acids is 1. The van der Waals surface area contributed by atoms with E-state index in [0.717, 1.165) is 23.4 Å². The van der Waals surface area contributed by atoms with Crippen LogP contribution >= 0.6 is 0 Å². The topological polar surface area (TPSA) is 130 Å². The Morgan fingerprint density at radius 2 is 1.74 bits per heavy atom. The first kappa shape index (κ1) is 24.3. The van der Waals surface area contributed by atoms with E-state index in [0.29, 0.717) is 18.3 Å². The first-order chi connectivity index (χ1) is 17.0. The van der Waals surface area contributed by atoms with Gasteiger partial charge in [0.2, 0.25) is 5.95 Å². The lowest BCUT2D eigenvalue weighted by Crippen LogP contribution is -2.39. The monoisotopic (exact) mass is 473 g/mol. The average molecular weight is 474 g/mol. The third-order valence-corrected chi connectivity index (χ3v) is 6.38. The summed E-state index contributed by atoms with van der Waals surface area (Å²) < 4.78 is 0. The zero-order chi connectivity index (χ0) is 24.6. The molecule has 3 aromatic rings. The molecule has 1 atom stereocenters. The summed E-state index contributed by atoms with van der Waals surface area (Å²) in [5, 5.41) is 15.8. The van der Waals surface area contributed by atoms with Crippen molar-refractivity contribution in [2.45, 2.75) is 44.6 Å². The van der Waals surface area contributed by atoms with E-state index in [2.05, 4.69) is 32.7 Å². The molecule has 1 fully saturated rings. The van der Waals surface area contributed by atoms with Crippen molar-refractivity contribution in [3.05, 3.63) is 77.5 Å². The number of nitrogens with zero attached hydrogens (tertiary/aromatic N) is 2. The molecule has 1 unspecified atom stereocenters. The van der Waals surface area contributed by atoms with Gasteiger partial charge >= 0.3 is 5.97 Å². The molecule has 5 N–H and O–H groups in total. The van der Waals surface area contributed by atoms with Crippen LogP contribution < -0.4 is 16.4 Å². The van der Waals surface area contributed by atoms with Gasteiger partial charge < -0.3 is 21.5 Å². The molecule has 1 heterocycles. The van der Waals surface area contributed by atoms with Crippen molar-refractivity contribution in [3.63, 3.8) is 0 Å². The van der Waals surface area contributed by atoms with Crippen LogP contribution in [0, 0.1) is 5.92 Å². The van der Waals surface area contributed by atoms with Gasteiger partial charge in [-0.1, -0.05) is 67.8 Å². The first-order valence-corrected chi connectivity index (χ1v) is 12.0. The van der Waals surface area contributed by atoms with Crippen LogP contribution in [-0.2, 0) is 11.2 Å². The van der Waals surface area contributed by atoms with Crippen LogP contribution in [0.3, 0.4) is 0 Å². The smallest absolute Gasteiger partial charge is 0.328 e. The number of anilines is 3. The van der Waals surface area contributed by atoms with Crippen molar-refractivity contribution in [1.29, 1.82) is 0 Å². The number of rotatable bonds is 10. The van der Waals surface area contributed by atoms with Gasteiger partial charge in [0.05, 0.1) is 5.56 Å². The zero-order valence-corrected chi connectivity index (χ0v) is 19.6. The highest BCUT2D eigenvalue weighted by Gasteiger charge is 2.27. The highest BCUT2D eigenvalue weighted by atomic mass is 16.4. The number of aromatic nitrogens is 2. The standard InChI is InChI=1S/C27H31N5O3/c28-23(26(34)35)24(33)21-17-30-27(29-16-19-11-5-2-6-12-19)32-25(21)31-22-14-8-7-13-20(22)15-18-9-3-1-4-10-18/h1,3-4,7-10,13-14,17,19,23H,2,5-6,11-12,15-16,28H2,(H,34,35)(H2,29,30,31,32). The third kappa shape index (κ3) is 6.42. The summed E-state index contributed by atoms with van der Waals surface area (Å²) in [4.78, 5) is 33.1. The number of nitrogens with one attached hydrogen (secondary N) is 2. The van der Waals surface area contributed by atoms with E-state index in [1.165, 1.54) is 38.3 Å². The highest BCUT2D eigenvalue weighted by molar-refractivity contribution is 6.13. The molecule has 0 bridgehead atoms. The maximum absolute atomic E-state index is 12.8. The Bertz CT molecular complexity index is 1160. The molecule has 8 nitrogen and oxygen atoms in total. The minimum atomic E-state index is -1.69. The van der Waals surface area contributed by atoms with Crippen molar-refractivity contribution < 1.29 is 14.7 Å². The molecular formula is C27H31N5O3. The van der Waals surface area contributed by atoms with Gasteiger partial charge in [-0.3, -0.25) is 9.59 Å². The second-order valence-corrected chi connectivity index (χ2v) is 8.97. The number of ketones is 1. The number of hydrogen-bond acceptors (Lipinski definition) is 7. The Kier molecular flexibility index (Phi) is 8.05. The maximum Gasteiger partial charge on any atom is 0.328 e. The van der Waals surface area contributed by atoms with Gasteiger partial charge in [0.15, 0.2) is 11.8 Å². The lowest BCUT2D eigenvalue weighted by molar-refractivity contribution is -0.137. The highest BCUT2D eigenvalue weighted by Crippen LogP contribution is 2.27. The Morgan fingerprint density at radius 1 is 1.03 bits per heavy atom. The largest absolute Gasteiger partial charge is 0.480 e. The summed E-state index contributed by atoms with van der Waals surface area (Å²) in [6, 6.07) is 16.1. The molecule has 1 saturated carbocycles. The van der Waals surface area contributed by atoms with Crippen LogP contribution in [0.25, 0.3) is 0 Å². The van der Waals surface area contributed by atoms with Gasteiger partial charge in [0.1, 0.15) is 5.82 Å². The molecule has 35 heavy (non-hydrogen) atoms.